The summed E-state index contributed by atoms with van der Waals surface area (Å²) in [6.07, 6.45) is 0. The third-order valence-electron chi connectivity index (χ3n) is 4.63. The van der Waals surface area contributed by atoms with Crippen molar-refractivity contribution in [2.75, 3.05) is 4.31 Å². The molecule has 0 N–H and O–H groups in total. The molecule has 6 heteroatoms. The van der Waals surface area contributed by atoms with Gasteiger partial charge in [-0.3, -0.25) is 4.79 Å². The van der Waals surface area contributed by atoms with Gasteiger partial charge in [0.1, 0.15) is 0 Å². The smallest absolute Gasteiger partial charge is 0.268 e. The van der Waals surface area contributed by atoms with Crippen LogP contribution >= 0.6 is 11.6 Å². The molecule has 0 unspecified atom stereocenters. The molecule has 4 nitrogen and oxygen atoms in total. The summed E-state index contributed by atoms with van der Waals surface area (Å²) in [6, 6.07) is 17.9. The number of carbonyl (C=O) groups excluding carboxylic acids is 1. The third-order valence-corrected chi connectivity index (χ3v) is 6.59. The molecule has 1 amide bonds. The number of benzene rings is 3. The van der Waals surface area contributed by atoms with E-state index in [0.29, 0.717) is 10.7 Å². The lowest BCUT2D eigenvalue weighted by molar-refractivity contribution is 0.100. The largest absolute Gasteiger partial charge is 0.272 e. The third kappa shape index (κ3) is 3.81. The maximum absolute atomic E-state index is 13.5. The Labute approximate surface area is 170 Å². The Kier molecular flexibility index (Phi) is 5.59. The minimum atomic E-state index is -4.12. The predicted octanol–water partition coefficient (Wildman–Crippen LogP) is 5.30. The van der Waals surface area contributed by atoms with Crippen LogP contribution in [0.25, 0.3) is 0 Å². The van der Waals surface area contributed by atoms with Gasteiger partial charge in [-0.05, 0) is 74.4 Å². The standard InChI is InChI=1S/C22H20ClNO3S/c1-15-7-13-20(14-8-15)28(26,27)24(21-6-4-5-16(2)17(21)3)22(25)18-9-11-19(23)12-10-18/h4-14H,1-3H3. The number of nitrogens with zero attached hydrogens (tertiary/aromatic N) is 1. The summed E-state index contributed by atoms with van der Waals surface area (Å²) in [5.41, 5.74) is 3.12. The maximum Gasteiger partial charge on any atom is 0.272 e. The van der Waals surface area contributed by atoms with Gasteiger partial charge >= 0.3 is 0 Å². The molecule has 0 bridgehead atoms. The van der Waals surface area contributed by atoms with Crippen molar-refractivity contribution in [1.82, 2.24) is 0 Å². The van der Waals surface area contributed by atoms with Gasteiger partial charge in [-0.15, -0.1) is 0 Å². The zero-order valence-corrected chi connectivity index (χ0v) is 17.4. The number of carbonyl (C=O) groups is 1. The fourth-order valence-corrected chi connectivity index (χ4v) is 4.43. The molecular weight excluding hydrogens is 394 g/mol. The first-order valence-corrected chi connectivity index (χ1v) is 10.5. The van der Waals surface area contributed by atoms with E-state index in [1.165, 1.54) is 24.3 Å². The number of sulfonamides is 1. The average Bonchev–Trinajstić information content (AvgIpc) is 2.66. The normalized spacial score (nSPS) is 11.3. The highest BCUT2D eigenvalue weighted by Crippen LogP contribution is 2.30. The van der Waals surface area contributed by atoms with Crippen LogP contribution in [0.15, 0.2) is 71.6 Å². The highest BCUT2D eigenvalue weighted by Gasteiger charge is 2.33. The molecule has 0 fully saturated rings. The molecule has 144 valence electrons. The number of anilines is 1. The van der Waals surface area contributed by atoms with Crippen molar-refractivity contribution in [3.05, 3.63) is 94.0 Å². The lowest BCUT2D eigenvalue weighted by Crippen LogP contribution is -2.37. The van der Waals surface area contributed by atoms with Gasteiger partial charge in [0.15, 0.2) is 0 Å². The molecule has 0 atom stereocenters. The van der Waals surface area contributed by atoms with Crippen molar-refractivity contribution < 1.29 is 13.2 Å². The first-order valence-electron chi connectivity index (χ1n) is 8.70. The first kappa shape index (κ1) is 20.1. The fraction of sp³-hybridized carbons (Fsp3) is 0.136. The molecule has 0 saturated carbocycles. The zero-order chi connectivity index (χ0) is 20.5. The summed E-state index contributed by atoms with van der Waals surface area (Å²) in [4.78, 5) is 13.4. The summed E-state index contributed by atoms with van der Waals surface area (Å²) in [6.45, 7) is 5.55. The maximum atomic E-state index is 13.5. The lowest BCUT2D eigenvalue weighted by atomic mass is 10.1. The Morgan fingerprint density at radius 1 is 0.857 bits per heavy atom. The van der Waals surface area contributed by atoms with Crippen LogP contribution in [0.3, 0.4) is 0 Å². The second kappa shape index (κ2) is 7.78. The molecule has 0 aliphatic rings. The van der Waals surface area contributed by atoms with Crippen molar-refractivity contribution in [1.29, 1.82) is 0 Å². The SMILES string of the molecule is Cc1ccc(S(=O)(=O)N(C(=O)c2ccc(Cl)cc2)c2cccc(C)c2C)cc1. The van der Waals surface area contributed by atoms with Crippen LogP contribution in [0.4, 0.5) is 5.69 Å². The first-order chi connectivity index (χ1) is 13.2. The van der Waals surface area contributed by atoms with Crippen molar-refractivity contribution in [2.45, 2.75) is 25.7 Å². The van der Waals surface area contributed by atoms with Crippen LogP contribution < -0.4 is 4.31 Å². The van der Waals surface area contributed by atoms with Gasteiger partial charge in [-0.1, -0.05) is 41.4 Å². The second-order valence-corrected chi connectivity index (χ2v) is 8.84. The summed E-state index contributed by atoms with van der Waals surface area (Å²) in [7, 11) is -4.12. The van der Waals surface area contributed by atoms with E-state index in [1.807, 2.05) is 19.9 Å². The molecule has 0 aliphatic carbocycles. The molecule has 3 aromatic carbocycles. The topological polar surface area (TPSA) is 54.5 Å². The molecule has 0 aromatic heterocycles. The minimum absolute atomic E-state index is 0.0568. The Morgan fingerprint density at radius 3 is 2.07 bits per heavy atom. The van der Waals surface area contributed by atoms with Crippen molar-refractivity contribution >= 4 is 33.2 Å². The van der Waals surface area contributed by atoms with Crippen molar-refractivity contribution in [3.8, 4) is 0 Å². The molecule has 0 saturated heterocycles. The van der Waals surface area contributed by atoms with Gasteiger partial charge in [0.05, 0.1) is 10.6 Å². The molecule has 0 radical (unpaired) electrons. The quantitative estimate of drug-likeness (QED) is 0.583. The van der Waals surface area contributed by atoms with E-state index in [1.54, 1.807) is 43.3 Å². The molecule has 3 aromatic rings. The number of hydrogen-bond donors (Lipinski definition) is 0. The van der Waals surface area contributed by atoms with E-state index in [9.17, 15) is 13.2 Å². The van der Waals surface area contributed by atoms with Crippen LogP contribution in [-0.2, 0) is 10.0 Å². The van der Waals surface area contributed by atoms with E-state index < -0.39 is 15.9 Å². The number of hydrogen-bond acceptors (Lipinski definition) is 3. The minimum Gasteiger partial charge on any atom is -0.268 e. The molecular formula is C22H20ClNO3S. The molecule has 3 rings (SSSR count). The van der Waals surface area contributed by atoms with Gasteiger partial charge in [0.2, 0.25) is 0 Å². The molecule has 0 heterocycles. The summed E-state index contributed by atoms with van der Waals surface area (Å²) >= 11 is 5.92. The number of amides is 1. The van der Waals surface area contributed by atoms with E-state index in [2.05, 4.69) is 0 Å². The second-order valence-electron chi connectivity index (χ2n) is 6.61. The van der Waals surface area contributed by atoms with E-state index >= 15 is 0 Å². The Bertz CT molecular complexity index is 1120. The predicted molar refractivity (Wildman–Crippen MR) is 113 cm³/mol. The summed E-state index contributed by atoms with van der Waals surface area (Å²) in [5.74, 6) is -0.633. The van der Waals surface area contributed by atoms with E-state index in [-0.39, 0.29) is 10.5 Å². The molecule has 0 aliphatic heterocycles. The Morgan fingerprint density at radius 2 is 1.46 bits per heavy atom. The van der Waals surface area contributed by atoms with Crippen LogP contribution in [0.5, 0.6) is 0 Å². The Balaban J connectivity index is 2.22. The van der Waals surface area contributed by atoms with Gasteiger partial charge < -0.3 is 0 Å². The zero-order valence-electron chi connectivity index (χ0n) is 15.8. The van der Waals surface area contributed by atoms with Gasteiger partial charge in [-0.2, -0.15) is 4.31 Å². The Hall–Kier alpha value is -2.63. The number of aryl methyl sites for hydroxylation is 2. The van der Waals surface area contributed by atoms with Crippen LogP contribution in [0, 0.1) is 20.8 Å². The summed E-state index contributed by atoms with van der Waals surface area (Å²) in [5, 5.41) is 0.469. The summed E-state index contributed by atoms with van der Waals surface area (Å²) < 4.78 is 27.8. The molecule has 28 heavy (non-hydrogen) atoms. The van der Waals surface area contributed by atoms with Crippen LogP contribution in [0.2, 0.25) is 5.02 Å². The van der Waals surface area contributed by atoms with Crippen molar-refractivity contribution in [3.63, 3.8) is 0 Å². The average molecular weight is 414 g/mol. The monoisotopic (exact) mass is 413 g/mol. The number of rotatable bonds is 4. The highest BCUT2D eigenvalue weighted by atomic mass is 35.5. The fourth-order valence-electron chi connectivity index (χ4n) is 2.83. The highest BCUT2D eigenvalue weighted by molar-refractivity contribution is 7.93. The number of halogens is 1. The van der Waals surface area contributed by atoms with Crippen LogP contribution in [-0.4, -0.2) is 14.3 Å². The van der Waals surface area contributed by atoms with Gasteiger partial charge in [0, 0.05) is 10.6 Å². The van der Waals surface area contributed by atoms with E-state index in [0.717, 1.165) is 21.0 Å². The van der Waals surface area contributed by atoms with Crippen LogP contribution in [0.1, 0.15) is 27.0 Å². The van der Waals surface area contributed by atoms with Gasteiger partial charge in [-0.25, -0.2) is 8.42 Å². The lowest BCUT2D eigenvalue weighted by Gasteiger charge is -2.25. The van der Waals surface area contributed by atoms with Gasteiger partial charge in [0.25, 0.3) is 15.9 Å². The van der Waals surface area contributed by atoms with Crippen molar-refractivity contribution in [2.24, 2.45) is 0 Å². The molecule has 0 spiro atoms. The van der Waals surface area contributed by atoms with E-state index in [4.69, 9.17) is 11.6 Å².